The van der Waals surface area contributed by atoms with Crippen LogP contribution in [0.1, 0.15) is 66.9 Å². The molecule has 1 aromatic rings. The number of benzene rings is 1. The van der Waals surface area contributed by atoms with E-state index in [1.54, 1.807) is 30.3 Å². The molecule has 1 saturated carbocycles. The van der Waals surface area contributed by atoms with Gasteiger partial charge >= 0.3 is 47.9 Å². The van der Waals surface area contributed by atoms with Crippen molar-refractivity contribution in [2.75, 3.05) is 26.2 Å². The van der Waals surface area contributed by atoms with Gasteiger partial charge in [-0.1, -0.05) is 55.9 Å². The fraction of sp³-hybridized carbons (Fsp3) is 0.694. The Morgan fingerprint density at radius 3 is 1.47 bits per heavy atom. The molecule has 90 heavy (non-hydrogen) atoms. The first kappa shape index (κ1) is 71.3. The number of nitrogens with one attached hydrogen (secondary N) is 2. The lowest BCUT2D eigenvalue weighted by molar-refractivity contribution is -0.310. The number of hydrogen-bond donors (Lipinski definition) is 3. The zero-order valence-electron chi connectivity index (χ0n) is 48.9. The molecule has 3 aliphatic heterocycles. The van der Waals surface area contributed by atoms with E-state index in [1.807, 2.05) is 0 Å². The molecule has 41 heteroatoms. The summed E-state index contributed by atoms with van der Waals surface area (Å²) in [6, 6.07) is 1.47. The summed E-state index contributed by atoms with van der Waals surface area (Å²) in [6.45, 7) is 3.96. The van der Waals surface area contributed by atoms with E-state index in [0.29, 0.717) is 5.56 Å². The van der Waals surface area contributed by atoms with Gasteiger partial charge in [-0.15, -0.1) is 0 Å². The van der Waals surface area contributed by atoms with Gasteiger partial charge in [-0.25, -0.2) is 4.79 Å². The Morgan fingerprint density at radius 2 is 0.989 bits per heavy atom. The number of aliphatic hydroxyl groups is 1. The van der Waals surface area contributed by atoms with Crippen LogP contribution in [0, 0.1) is 0 Å². The summed E-state index contributed by atoms with van der Waals surface area (Å²) in [5, 5.41) is 34.4. The number of hydrogen-bond acceptors (Lipinski definition) is 29. The molecule has 2 amide bonds. The highest BCUT2D eigenvalue weighted by Gasteiger charge is 2.60. The zero-order valence-corrected chi connectivity index (χ0v) is 48.9. The molecule has 41 nitrogen and oxygen atoms in total. The van der Waals surface area contributed by atoms with Crippen molar-refractivity contribution in [2.24, 2.45) is 25.6 Å². The number of alkyl carbamates (subject to hydrolysis) is 1. The second-order valence-electron chi connectivity index (χ2n) is 19.8. The Bertz CT molecular complexity index is 3000. The van der Waals surface area contributed by atoms with Crippen LogP contribution in [-0.2, 0) is 111 Å². The first-order chi connectivity index (χ1) is 42.9. The van der Waals surface area contributed by atoms with Crippen LogP contribution in [0.5, 0.6) is 0 Å². The third kappa shape index (κ3) is 20.6. The van der Waals surface area contributed by atoms with E-state index >= 15 is 0 Å². The van der Waals surface area contributed by atoms with Crippen molar-refractivity contribution in [1.82, 2.24) is 10.6 Å². The minimum Gasteiger partial charge on any atom is -0.463 e. The summed E-state index contributed by atoms with van der Waals surface area (Å²) in [4.78, 5) is 130. The molecule has 3 heterocycles. The van der Waals surface area contributed by atoms with Crippen LogP contribution in [0.4, 0.5) is 4.79 Å². The Kier molecular flexibility index (Phi) is 27.6. The predicted molar refractivity (Wildman–Crippen MR) is 289 cm³/mol. The van der Waals surface area contributed by atoms with Gasteiger partial charge in [-0.2, -0.15) is 0 Å². The van der Waals surface area contributed by atoms with E-state index in [9.17, 15) is 75.9 Å². The van der Waals surface area contributed by atoms with Gasteiger partial charge in [0.15, 0.2) is 55.5 Å². The van der Waals surface area contributed by atoms with Crippen molar-refractivity contribution < 1.29 is 115 Å². The molecule has 0 unspecified atom stereocenters. The van der Waals surface area contributed by atoms with Crippen molar-refractivity contribution in [3.05, 3.63) is 88.1 Å². The van der Waals surface area contributed by atoms with E-state index in [0.717, 1.165) is 48.5 Å². The number of nitrogens with zero attached hydrogens (tertiary/aromatic N) is 15. The van der Waals surface area contributed by atoms with Crippen LogP contribution in [0.15, 0.2) is 55.9 Å². The van der Waals surface area contributed by atoms with Crippen LogP contribution in [0.2, 0.25) is 0 Å². The zero-order chi connectivity index (χ0) is 66.2. The smallest absolute Gasteiger partial charge is 0.407 e. The molecule has 0 spiro atoms. The molecule has 0 aromatic heterocycles. The molecule has 3 saturated heterocycles. The highest BCUT2D eigenvalue weighted by Crippen LogP contribution is 2.40. The van der Waals surface area contributed by atoms with Crippen LogP contribution < -0.4 is 10.6 Å². The van der Waals surface area contributed by atoms with E-state index in [1.165, 1.54) is 0 Å². The number of carbonyl (C=O) groups is 9. The summed E-state index contributed by atoms with van der Waals surface area (Å²) in [5.74, 6) is -8.40. The van der Waals surface area contributed by atoms with Gasteiger partial charge in [0.1, 0.15) is 61.9 Å². The molecule has 4 aliphatic rings. The van der Waals surface area contributed by atoms with E-state index < -0.39 is 209 Å². The van der Waals surface area contributed by atoms with E-state index in [2.05, 4.69) is 60.8 Å². The first-order valence-corrected chi connectivity index (χ1v) is 27.1. The minimum atomic E-state index is -2.16. The molecular weight excluding hydrogens is 1210 g/mol. The maximum atomic E-state index is 14.0. The van der Waals surface area contributed by atoms with Gasteiger partial charge in [-0.05, 0) is 46.1 Å². The number of aliphatic hydroxyl groups excluding tert-OH is 1. The lowest BCUT2D eigenvalue weighted by Gasteiger charge is -2.49. The lowest BCUT2D eigenvalue weighted by atomic mass is 9.83. The topological polar surface area (TPSA) is 571 Å². The number of ether oxygens (including phenoxy) is 14. The van der Waals surface area contributed by atoms with Gasteiger partial charge in [0.05, 0.1) is 31.3 Å². The summed E-state index contributed by atoms with van der Waals surface area (Å²) in [5.41, 5.74) is 49.3. The molecular formula is C49H63N17O24. The SMILES string of the molecule is CC(=O)OC[C@H]1O[C@@H](O[C@@H]2[C@@H](OC(C)=O)[C@H](NC(=O)[C@@H](O)CCNC(=O)OCc3ccccc3)C[C@H](N=[N+]=[N-])[C@H]2O[C@H]2O[C@H](CN=[N+]=[N-])[C@@H](OC(C)=O)[C@H](OC(C)=O)[C@H]2N=[N+]=[N-])[C@H](OC(C)=O)[C@@H]1O[C@H]1O[C@@H](CN=[N+]=[N-])[C@@H](OC(C)=O)[C@H](OC(C)=O)[C@H]1N=[N+]=[N-]. The van der Waals surface area contributed by atoms with E-state index in [4.69, 9.17) is 66.3 Å². The lowest BCUT2D eigenvalue weighted by Crippen LogP contribution is -2.67. The average Bonchev–Trinajstić information content (AvgIpc) is 1.22. The number of rotatable bonds is 28. The summed E-state index contributed by atoms with van der Waals surface area (Å²) >= 11 is 0. The Morgan fingerprint density at radius 1 is 0.533 bits per heavy atom. The number of azide groups is 5. The van der Waals surface area contributed by atoms with Crippen molar-refractivity contribution >= 4 is 53.8 Å². The third-order valence-corrected chi connectivity index (χ3v) is 13.3. The van der Waals surface area contributed by atoms with Crippen LogP contribution >= 0.6 is 0 Å². The van der Waals surface area contributed by atoms with Crippen molar-refractivity contribution in [1.29, 1.82) is 0 Å². The molecule has 0 radical (unpaired) electrons. The fourth-order valence-electron chi connectivity index (χ4n) is 9.94. The number of amides is 2. The predicted octanol–water partition coefficient (Wildman–Crippen LogP) is 2.69. The van der Waals surface area contributed by atoms with Gasteiger partial charge in [0.2, 0.25) is 5.91 Å². The Balaban J connectivity index is 1.67. The molecule has 1 aromatic carbocycles. The molecule has 3 N–H and O–H groups in total. The van der Waals surface area contributed by atoms with E-state index in [-0.39, 0.29) is 13.2 Å². The summed E-state index contributed by atoms with van der Waals surface area (Å²) in [7, 11) is 0. The second kappa shape index (κ2) is 34.9. The van der Waals surface area contributed by atoms with Crippen LogP contribution in [0.25, 0.3) is 52.2 Å². The molecule has 0 bridgehead atoms. The van der Waals surface area contributed by atoms with Crippen molar-refractivity contribution in [3.63, 3.8) is 0 Å². The molecule has 4 fully saturated rings. The highest BCUT2D eigenvalue weighted by molar-refractivity contribution is 5.81. The molecule has 488 valence electrons. The Labute approximate surface area is 508 Å². The van der Waals surface area contributed by atoms with Crippen LogP contribution in [0.3, 0.4) is 0 Å². The summed E-state index contributed by atoms with van der Waals surface area (Å²) in [6.07, 6.45) is -32.1. The minimum absolute atomic E-state index is 0.120. The Hall–Kier alpha value is -9.48. The standard InChI is InChI=1S/C49H63N17O24/c1-20(67)77-19-33-40(89-47-35(61-66-54)42(83-25(6)72)39(81-23(4)70)32(86-47)17-57-63-51)44(84-26(7)73)48(87-33)90-43-36(79-21(2)68)28(58-45(75)30(74)13-14-55-49(76)78-18-27-11-9-8-10-12-27)15-29(59-64-52)37(43)88-46-34(60-65-53)41(82-24(5)71)38(80-22(3)69)31(85-46)16-56-62-50/h8-12,28-44,46-48,74H,13-19H2,1-7H3,(H,55,76)(H,58,75)/t28-,29+,30+,31-,32+,33-,34-,35-,36+,37-,38-,39-,40-,41-,42-,43-,44-,46-,47-,48+/m1/s1. The van der Waals surface area contributed by atoms with Crippen LogP contribution in [-0.4, -0.2) is 208 Å². The largest absolute Gasteiger partial charge is 0.463 e. The quantitative estimate of drug-likeness (QED) is 0.0357. The number of esters is 7. The second-order valence-corrected chi connectivity index (χ2v) is 19.8. The average molecular weight is 1270 g/mol. The van der Waals surface area contributed by atoms with Gasteiger partial charge in [0.25, 0.3) is 0 Å². The number of carbonyl (C=O) groups excluding carboxylic acids is 9. The normalized spacial score (nSPS) is 30.2. The van der Waals surface area contributed by atoms with Gasteiger partial charge in [0, 0.05) is 79.6 Å². The third-order valence-electron chi connectivity index (χ3n) is 13.3. The van der Waals surface area contributed by atoms with Crippen molar-refractivity contribution in [3.8, 4) is 0 Å². The fourth-order valence-corrected chi connectivity index (χ4v) is 9.94. The monoisotopic (exact) mass is 1270 g/mol. The molecule has 5 rings (SSSR count). The maximum absolute atomic E-state index is 14.0. The summed E-state index contributed by atoms with van der Waals surface area (Å²) < 4.78 is 82.2. The first-order valence-electron chi connectivity index (χ1n) is 27.1. The van der Waals surface area contributed by atoms with Gasteiger partial charge < -0.3 is 82.1 Å². The molecule has 20 atom stereocenters. The highest BCUT2D eigenvalue weighted by atomic mass is 16.8. The maximum Gasteiger partial charge on any atom is 0.407 e. The van der Waals surface area contributed by atoms with Gasteiger partial charge in [-0.3, -0.25) is 38.4 Å². The van der Waals surface area contributed by atoms with Crippen molar-refractivity contribution in [2.45, 2.75) is 190 Å². The molecule has 1 aliphatic carbocycles.